The van der Waals surface area contributed by atoms with Crippen molar-refractivity contribution in [2.24, 2.45) is 0 Å². The minimum Gasteiger partial charge on any atom is -0.339 e. The predicted molar refractivity (Wildman–Crippen MR) is 61.8 cm³/mol. The van der Waals surface area contributed by atoms with Crippen molar-refractivity contribution in [3.63, 3.8) is 0 Å². The number of para-hydroxylation sites is 1. The molecule has 0 spiro atoms. The normalized spacial score (nSPS) is 10.0. The Kier molecular flexibility index (Phi) is 3.04. The maximum Gasteiger partial charge on any atom is 0.170 e. The number of halogens is 2. The van der Waals surface area contributed by atoms with E-state index in [0.717, 1.165) is 5.69 Å². The molecule has 0 fully saturated rings. The van der Waals surface area contributed by atoms with Gasteiger partial charge in [-0.05, 0) is 12.1 Å². The quantitative estimate of drug-likeness (QED) is 0.872. The summed E-state index contributed by atoms with van der Waals surface area (Å²) in [6.45, 7) is 0. The van der Waals surface area contributed by atoms with Gasteiger partial charge in [-0.2, -0.15) is 0 Å². The highest BCUT2D eigenvalue weighted by atomic mass is 35.5. The topological polar surface area (TPSA) is 37.8 Å². The summed E-state index contributed by atoms with van der Waals surface area (Å²) >= 11 is 11.5. The van der Waals surface area contributed by atoms with Crippen LogP contribution in [0.4, 0.5) is 11.5 Å². The molecule has 1 aromatic heterocycles. The molecule has 0 aliphatic carbocycles. The lowest BCUT2D eigenvalue weighted by molar-refractivity contribution is 1.04. The highest BCUT2D eigenvalue weighted by Gasteiger charge is 2.02. The van der Waals surface area contributed by atoms with E-state index in [0.29, 0.717) is 10.8 Å². The van der Waals surface area contributed by atoms with Gasteiger partial charge in [-0.25, -0.2) is 0 Å². The molecule has 3 nitrogen and oxygen atoms in total. The summed E-state index contributed by atoms with van der Waals surface area (Å²) in [7, 11) is 0. The van der Waals surface area contributed by atoms with Crippen molar-refractivity contribution in [2.75, 3.05) is 5.32 Å². The number of anilines is 2. The largest absolute Gasteiger partial charge is 0.339 e. The number of nitrogens with one attached hydrogen (secondary N) is 1. The van der Waals surface area contributed by atoms with Crippen LogP contribution in [0.15, 0.2) is 36.4 Å². The number of aromatic nitrogens is 2. The molecule has 15 heavy (non-hydrogen) atoms. The van der Waals surface area contributed by atoms with Crippen LogP contribution < -0.4 is 5.32 Å². The van der Waals surface area contributed by atoms with Crippen molar-refractivity contribution < 1.29 is 0 Å². The van der Waals surface area contributed by atoms with Crippen LogP contribution in [0.1, 0.15) is 0 Å². The van der Waals surface area contributed by atoms with Crippen molar-refractivity contribution in [3.8, 4) is 0 Å². The summed E-state index contributed by atoms with van der Waals surface area (Å²) in [6.07, 6.45) is 0. The molecule has 0 aliphatic rings. The van der Waals surface area contributed by atoms with Gasteiger partial charge in [-0.3, -0.25) is 0 Å². The average molecular weight is 240 g/mol. The molecular weight excluding hydrogens is 233 g/mol. The number of hydrogen-bond acceptors (Lipinski definition) is 3. The zero-order valence-electron chi connectivity index (χ0n) is 7.61. The smallest absolute Gasteiger partial charge is 0.170 e. The summed E-state index contributed by atoms with van der Waals surface area (Å²) in [4.78, 5) is 0. The summed E-state index contributed by atoms with van der Waals surface area (Å²) in [5, 5.41) is 11.2. The van der Waals surface area contributed by atoms with Crippen molar-refractivity contribution >= 4 is 34.7 Å². The van der Waals surface area contributed by atoms with Gasteiger partial charge in [0, 0.05) is 11.8 Å². The van der Waals surface area contributed by atoms with Crippen molar-refractivity contribution in [2.45, 2.75) is 0 Å². The van der Waals surface area contributed by atoms with Crippen LogP contribution in [0.2, 0.25) is 10.2 Å². The van der Waals surface area contributed by atoms with Gasteiger partial charge in [0.15, 0.2) is 11.0 Å². The molecule has 0 saturated heterocycles. The van der Waals surface area contributed by atoms with E-state index in [1.165, 1.54) is 0 Å². The van der Waals surface area contributed by atoms with E-state index in [-0.39, 0.29) is 5.15 Å². The summed E-state index contributed by atoms with van der Waals surface area (Å²) in [5.74, 6) is 0.565. The van der Waals surface area contributed by atoms with Crippen LogP contribution in [0, 0.1) is 0 Å². The molecule has 1 aromatic carbocycles. The lowest BCUT2D eigenvalue weighted by Crippen LogP contribution is -1.95. The van der Waals surface area contributed by atoms with Gasteiger partial charge in [-0.15, -0.1) is 10.2 Å². The summed E-state index contributed by atoms with van der Waals surface area (Å²) < 4.78 is 0. The van der Waals surface area contributed by atoms with Gasteiger partial charge in [0.2, 0.25) is 0 Å². The van der Waals surface area contributed by atoms with E-state index in [4.69, 9.17) is 23.2 Å². The predicted octanol–water partition coefficient (Wildman–Crippen LogP) is 3.53. The highest BCUT2D eigenvalue weighted by Crippen LogP contribution is 2.22. The molecule has 0 aliphatic heterocycles. The first kappa shape index (κ1) is 10.2. The van der Waals surface area contributed by atoms with Crippen molar-refractivity contribution in [3.05, 3.63) is 46.6 Å². The van der Waals surface area contributed by atoms with Crippen LogP contribution in [0.25, 0.3) is 0 Å². The van der Waals surface area contributed by atoms with Crippen LogP contribution in [0.5, 0.6) is 0 Å². The van der Waals surface area contributed by atoms with Gasteiger partial charge in [0.25, 0.3) is 0 Å². The number of hydrogen-bond donors (Lipinski definition) is 1. The first-order chi connectivity index (χ1) is 7.25. The number of benzene rings is 1. The highest BCUT2D eigenvalue weighted by molar-refractivity contribution is 6.41. The Bertz CT molecular complexity index is 459. The fourth-order valence-corrected chi connectivity index (χ4v) is 1.32. The fraction of sp³-hybridized carbons (Fsp3) is 0. The second-order valence-electron chi connectivity index (χ2n) is 2.86. The Morgan fingerprint density at radius 3 is 2.40 bits per heavy atom. The Hall–Kier alpha value is -1.32. The Labute approximate surface area is 97.1 Å². The van der Waals surface area contributed by atoms with Crippen LogP contribution in [-0.4, -0.2) is 10.2 Å². The molecule has 0 radical (unpaired) electrons. The van der Waals surface area contributed by atoms with E-state index in [9.17, 15) is 0 Å². The van der Waals surface area contributed by atoms with Gasteiger partial charge in [-0.1, -0.05) is 41.4 Å². The first-order valence-corrected chi connectivity index (χ1v) is 5.02. The van der Waals surface area contributed by atoms with Crippen LogP contribution in [-0.2, 0) is 0 Å². The zero-order chi connectivity index (χ0) is 10.7. The van der Waals surface area contributed by atoms with E-state index < -0.39 is 0 Å². The molecule has 5 heteroatoms. The molecule has 76 valence electrons. The molecule has 0 unspecified atom stereocenters. The van der Waals surface area contributed by atoms with E-state index in [1.54, 1.807) is 6.07 Å². The summed E-state index contributed by atoms with van der Waals surface area (Å²) in [6, 6.07) is 11.3. The maximum absolute atomic E-state index is 5.81. The Balaban J connectivity index is 2.22. The Morgan fingerprint density at radius 2 is 1.73 bits per heavy atom. The second kappa shape index (κ2) is 4.47. The maximum atomic E-state index is 5.81. The zero-order valence-corrected chi connectivity index (χ0v) is 9.13. The molecule has 2 rings (SSSR count). The fourth-order valence-electron chi connectivity index (χ4n) is 1.08. The number of rotatable bonds is 2. The molecule has 0 amide bonds. The van der Waals surface area contributed by atoms with Crippen molar-refractivity contribution in [1.82, 2.24) is 10.2 Å². The minimum atomic E-state index is 0.204. The lowest BCUT2D eigenvalue weighted by atomic mass is 10.3. The molecule has 1 N–H and O–H groups in total. The van der Waals surface area contributed by atoms with Gasteiger partial charge in [0.05, 0.1) is 5.02 Å². The monoisotopic (exact) mass is 239 g/mol. The van der Waals surface area contributed by atoms with E-state index in [2.05, 4.69) is 15.5 Å². The van der Waals surface area contributed by atoms with Gasteiger partial charge in [0.1, 0.15) is 0 Å². The van der Waals surface area contributed by atoms with Crippen LogP contribution in [0.3, 0.4) is 0 Å². The molecule has 0 atom stereocenters. The third kappa shape index (κ3) is 2.58. The van der Waals surface area contributed by atoms with Gasteiger partial charge < -0.3 is 5.32 Å². The standard InChI is InChI=1S/C10H7Cl2N3/c11-8-6-9(14-15-10(8)12)13-7-4-2-1-3-5-7/h1-6H,(H,13,14). The Morgan fingerprint density at radius 1 is 1.00 bits per heavy atom. The second-order valence-corrected chi connectivity index (χ2v) is 3.62. The molecule has 0 bridgehead atoms. The molecule has 1 heterocycles. The first-order valence-electron chi connectivity index (χ1n) is 4.26. The third-order valence-electron chi connectivity index (χ3n) is 1.75. The van der Waals surface area contributed by atoms with Crippen LogP contribution >= 0.6 is 23.2 Å². The van der Waals surface area contributed by atoms with E-state index >= 15 is 0 Å². The minimum absolute atomic E-state index is 0.204. The molecular formula is C10H7Cl2N3. The number of nitrogens with zero attached hydrogens (tertiary/aromatic N) is 2. The van der Waals surface area contributed by atoms with E-state index in [1.807, 2.05) is 30.3 Å². The molecule has 0 saturated carbocycles. The van der Waals surface area contributed by atoms with Crippen molar-refractivity contribution in [1.29, 1.82) is 0 Å². The van der Waals surface area contributed by atoms with Gasteiger partial charge >= 0.3 is 0 Å². The summed E-state index contributed by atoms with van der Waals surface area (Å²) in [5.41, 5.74) is 0.921. The third-order valence-corrected chi connectivity index (χ3v) is 2.42. The lowest BCUT2D eigenvalue weighted by Gasteiger charge is -2.04. The molecule has 2 aromatic rings. The SMILES string of the molecule is Clc1cc(Nc2ccccc2)nnc1Cl. The average Bonchev–Trinajstić information content (AvgIpc) is 2.25.